The number of ether oxygens (including phenoxy) is 1. The summed E-state index contributed by atoms with van der Waals surface area (Å²) >= 11 is 7.12. The van der Waals surface area contributed by atoms with Crippen LogP contribution in [0.15, 0.2) is 35.7 Å². The highest BCUT2D eigenvalue weighted by Crippen LogP contribution is 2.24. The minimum absolute atomic E-state index is 0.0242. The van der Waals surface area contributed by atoms with Crippen molar-refractivity contribution in [2.75, 3.05) is 26.2 Å². The summed E-state index contributed by atoms with van der Waals surface area (Å²) in [4.78, 5) is 42.5. The molecule has 0 aliphatic carbocycles. The zero-order valence-electron chi connectivity index (χ0n) is 22.3. The van der Waals surface area contributed by atoms with Gasteiger partial charge in [0.05, 0.1) is 24.9 Å². The molecule has 6 rings (SSSR count). The topological polar surface area (TPSA) is 114 Å². The lowest BCUT2D eigenvalue weighted by Crippen LogP contribution is -2.53. The predicted octanol–water partition coefficient (Wildman–Crippen LogP) is 4.10. The minimum atomic E-state index is -1.08. The third kappa shape index (κ3) is 5.82. The summed E-state index contributed by atoms with van der Waals surface area (Å²) in [6.45, 7) is 5.55. The van der Waals surface area contributed by atoms with E-state index in [1.165, 1.54) is 23.5 Å². The lowest BCUT2D eigenvalue weighted by molar-refractivity contribution is -0.0594. The second-order valence-electron chi connectivity index (χ2n) is 10.4. The van der Waals surface area contributed by atoms with Crippen LogP contribution in [-0.2, 0) is 24.2 Å². The fourth-order valence-corrected chi connectivity index (χ4v) is 6.13. The van der Waals surface area contributed by atoms with Gasteiger partial charge in [0.2, 0.25) is 0 Å². The summed E-state index contributed by atoms with van der Waals surface area (Å²) in [7, 11) is 0. The third-order valence-corrected chi connectivity index (χ3v) is 8.70. The molecule has 3 aromatic heterocycles. The van der Waals surface area contributed by atoms with Gasteiger partial charge in [-0.15, -0.1) is 11.3 Å². The van der Waals surface area contributed by atoms with Gasteiger partial charge < -0.3 is 19.3 Å². The Labute approximate surface area is 244 Å². The Morgan fingerprint density at radius 3 is 2.73 bits per heavy atom. The second kappa shape index (κ2) is 11.4. The van der Waals surface area contributed by atoms with Gasteiger partial charge in [0.1, 0.15) is 17.2 Å². The zero-order chi connectivity index (χ0) is 28.7. The van der Waals surface area contributed by atoms with E-state index in [-0.39, 0.29) is 30.2 Å². The Kier molecular flexibility index (Phi) is 7.73. The predicted molar refractivity (Wildman–Crippen MR) is 151 cm³/mol. The number of piperazine rings is 1. The quantitative estimate of drug-likeness (QED) is 0.322. The molecule has 2 aliphatic rings. The molecular weight excluding hydrogens is 571 g/mol. The van der Waals surface area contributed by atoms with Gasteiger partial charge in [-0.2, -0.15) is 0 Å². The number of rotatable bonds is 8. The number of halogens is 2. The van der Waals surface area contributed by atoms with E-state index >= 15 is 0 Å². The number of hydrogen-bond acceptors (Lipinski definition) is 8. The molecule has 10 nitrogen and oxygen atoms in total. The van der Waals surface area contributed by atoms with Crippen LogP contribution in [0.4, 0.5) is 4.39 Å². The van der Waals surface area contributed by atoms with Crippen molar-refractivity contribution >= 4 is 46.0 Å². The van der Waals surface area contributed by atoms with E-state index in [0.29, 0.717) is 71.8 Å². The zero-order valence-corrected chi connectivity index (χ0v) is 23.9. The Hall–Kier alpha value is -3.45. The minimum Gasteiger partial charge on any atom is -0.477 e. The second-order valence-corrected chi connectivity index (χ2v) is 11.7. The number of thiazole rings is 1. The van der Waals surface area contributed by atoms with E-state index in [2.05, 4.69) is 21.8 Å². The number of pyridine rings is 1. The van der Waals surface area contributed by atoms with Gasteiger partial charge in [-0.1, -0.05) is 17.7 Å². The first kappa shape index (κ1) is 27.7. The maximum Gasteiger partial charge on any atom is 0.354 e. The Morgan fingerprint density at radius 2 is 2.02 bits per heavy atom. The number of hydrogen-bond donors (Lipinski definition) is 1. The highest BCUT2D eigenvalue weighted by Gasteiger charge is 2.31. The van der Waals surface area contributed by atoms with E-state index in [0.717, 1.165) is 12.2 Å². The van der Waals surface area contributed by atoms with Crippen molar-refractivity contribution in [2.45, 2.75) is 45.0 Å². The van der Waals surface area contributed by atoms with E-state index < -0.39 is 11.8 Å². The Bertz CT molecular complexity index is 1620. The van der Waals surface area contributed by atoms with Gasteiger partial charge in [-0.05, 0) is 43.2 Å². The fraction of sp³-hybridized carbons (Fsp3) is 0.393. The maximum atomic E-state index is 14.2. The fourth-order valence-electron chi connectivity index (χ4n) is 5.19. The van der Waals surface area contributed by atoms with Crippen LogP contribution >= 0.6 is 22.9 Å². The average molecular weight is 599 g/mol. The number of amides is 1. The number of fused-ring (bicyclic) bond motifs is 1. The number of aromatic nitrogens is 4. The highest BCUT2D eigenvalue weighted by atomic mass is 35.5. The number of carbonyl (C=O) groups excluding carboxylic acids is 1. The van der Waals surface area contributed by atoms with Crippen LogP contribution in [-0.4, -0.2) is 84.7 Å². The molecule has 2 fully saturated rings. The van der Waals surface area contributed by atoms with Gasteiger partial charge in [0, 0.05) is 49.1 Å². The number of aromatic carboxylic acids is 1. The van der Waals surface area contributed by atoms with Crippen LogP contribution in [0.1, 0.15) is 50.7 Å². The largest absolute Gasteiger partial charge is 0.477 e. The molecule has 41 heavy (non-hydrogen) atoms. The average Bonchev–Trinajstić information content (AvgIpc) is 3.52. The van der Waals surface area contributed by atoms with Crippen molar-refractivity contribution < 1.29 is 23.8 Å². The molecule has 5 heterocycles. The van der Waals surface area contributed by atoms with E-state index in [9.17, 15) is 19.1 Å². The molecule has 2 aliphatic heterocycles. The Morgan fingerprint density at radius 1 is 1.20 bits per heavy atom. The van der Waals surface area contributed by atoms with Crippen LogP contribution in [0.5, 0.6) is 0 Å². The molecule has 2 unspecified atom stereocenters. The molecule has 4 aromatic rings. The molecular formula is C28H28ClFN6O4S. The molecule has 1 amide bonds. The van der Waals surface area contributed by atoms with Crippen LogP contribution in [0, 0.1) is 5.82 Å². The van der Waals surface area contributed by atoms with Crippen LogP contribution in [0.3, 0.4) is 0 Å². The number of imidazole rings is 1. The lowest BCUT2D eigenvalue weighted by Gasteiger charge is -2.39. The molecule has 1 aromatic carbocycles. The van der Waals surface area contributed by atoms with E-state index in [1.54, 1.807) is 28.5 Å². The van der Waals surface area contributed by atoms with E-state index in [4.69, 9.17) is 21.3 Å². The van der Waals surface area contributed by atoms with Crippen molar-refractivity contribution in [3.8, 4) is 0 Å². The third-order valence-electron chi connectivity index (χ3n) is 7.59. The smallest absolute Gasteiger partial charge is 0.354 e. The first-order valence-electron chi connectivity index (χ1n) is 13.4. The van der Waals surface area contributed by atoms with Gasteiger partial charge in [-0.3, -0.25) is 9.69 Å². The molecule has 1 N–H and O–H groups in total. The van der Waals surface area contributed by atoms with Crippen LogP contribution in [0.25, 0.3) is 11.2 Å². The molecule has 2 atom stereocenters. The van der Waals surface area contributed by atoms with Gasteiger partial charge in [0.25, 0.3) is 5.91 Å². The number of nitrogens with zero attached hydrogens (tertiary/aromatic N) is 6. The molecule has 0 radical (unpaired) electrons. The summed E-state index contributed by atoms with van der Waals surface area (Å²) in [5, 5.41) is 12.0. The Balaban J connectivity index is 1.13. The first-order valence-corrected chi connectivity index (χ1v) is 14.6. The highest BCUT2D eigenvalue weighted by molar-refractivity contribution is 7.11. The molecule has 0 spiro atoms. The lowest BCUT2D eigenvalue weighted by atomic mass is 10.1. The standard InChI is InChI=1S/C28H28ClFN6O4S/c1-16-12-35(27(37)26-31-19(15-41-26)10-17-2-3-18(29)11-21(17)30)8-7-34(16)14-24-32-22-4-5-23(28(38)39)33-25(22)36(24)13-20-6-9-40-20/h2-5,11,15-16,20H,6-10,12-14H2,1H3,(H,38,39). The van der Waals surface area contributed by atoms with Crippen LogP contribution in [0.2, 0.25) is 5.02 Å². The van der Waals surface area contributed by atoms with Gasteiger partial charge >= 0.3 is 5.97 Å². The molecule has 13 heteroatoms. The summed E-state index contributed by atoms with van der Waals surface area (Å²) < 4.78 is 21.8. The number of benzene rings is 1. The van der Waals surface area contributed by atoms with Gasteiger partial charge in [-0.25, -0.2) is 24.1 Å². The normalized spacial score (nSPS) is 19.4. The molecule has 214 valence electrons. The SMILES string of the molecule is CC1CN(C(=O)c2nc(Cc3ccc(Cl)cc3F)cs2)CCN1Cc1nc2ccc(C(=O)O)nc2n1CC1CCO1. The summed E-state index contributed by atoms with van der Waals surface area (Å²) in [6, 6.07) is 7.75. The summed E-state index contributed by atoms with van der Waals surface area (Å²) in [5.41, 5.74) is 2.27. The van der Waals surface area contributed by atoms with Crippen molar-refractivity contribution in [3.63, 3.8) is 0 Å². The van der Waals surface area contributed by atoms with Crippen molar-refractivity contribution in [2.24, 2.45) is 0 Å². The molecule has 0 saturated carbocycles. The summed E-state index contributed by atoms with van der Waals surface area (Å²) in [5.74, 6) is -0.824. The summed E-state index contributed by atoms with van der Waals surface area (Å²) in [6.07, 6.45) is 1.27. The van der Waals surface area contributed by atoms with Crippen molar-refractivity contribution in [1.29, 1.82) is 0 Å². The van der Waals surface area contributed by atoms with Crippen molar-refractivity contribution in [3.05, 3.63) is 74.3 Å². The van der Waals surface area contributed by atoms with E-state index in [1.807, 2.05) is 4.57 Å². The number of carbonyl (C=O) groups is 2. The molecule has 2 saturated heterocycles. The van der Waals surface area contributed by atoms with Crippen LogP contribution < -0.4 is 0 Å². The number of carboxylic acids is 1. The first-order chi connectivity index (χ1) is 19.7. The number of carboxylic acid groups (broad SMARTS) is 1. The monoisotopic (exact) mass is 598 g/mol. The molecule has 0 bridgehead atoms. The van der Waals surface area contributed by atoms with Crippen molar-refractivity contribution in [1.82, 2.24) is 29.3 Å². The maximum absolute atomic E-state index is 14.2. The van der Waals surface area contributed by atoms with Gasteiger partial charge in [0.15, 0.2) is 16.3 Å².